The molecule has 152 valence electrons. The van der Waals surface area contributed by atoms with Gasteiger partial charge in [0.1, 0.15) is 5.82 Å². The summed E-state index contributed by atoms with van der Waals surface area (Å²) in [5.74, 6) is -0.360. The fourth-order valence-corrected chi connectivity index (χ4v) is 3.44. The molecule has 29 heavy (non-hydrogen) atoms. The SMILES string of the molecule is CCc1ccccc1NC(=O)C[NH+]1CCN(C(=O)/C=C/c2ccc(F)cc2)CC1. The molecule has 1 aliphatic heterocycles. The molecule has 0 unspecified atom stereocenters. The third kappa shape index (κ3) is 5.99. The summed E-state index contributed by atoms with van der Waals surface area (Å²) in [6.07, 6.45) is 4.09. The van der Waals surface area contributed by atoms with Crippen molar-refractivity contribution in [3.8, 4) is 0 Å². The average molecular weight is 396 g/mol. The van der Waals surface area contributed by atoms with Gasteiger partial charge >= 0.3 is 0 Å². The highest BCUT2D eigenvalue weighted by Crippen LogP contribution is 2.14. The number of benzene rings is 2. The van der Waals surface area contributed by atoms with Gasteiger partial charge in [-0.1, -0.05) is 37.3 Å². The fourth-order valence-electron chi connectivity index (χ4n) is 3.44. The fraction of sp³-hybridized carbons (Fsp3) is 0.304. The Bertz CT molecular complexity index is 872. The second-order valence-corrected chi connectivity index (χ2v) is 7.20. The Balaban J connectivity index is 1.45. The van der Waals surface area contributed by atoms with E-state index in [4.69, 9.17) is 0 Å². The minimum atomic E-state index is -0.296. The predicted molar refractivity (Wildman–Crippen MR) is 112 cm³/mol. The molecule has 3 rings (SSSR count). The summed E-state index contributed by atoms with van der Waals surface area (Å²) in [7, 11) is 0. The molecule has 1 fully saturated rings. The Morgan fingerprint density at radius 2 is 1.79 bits per heavy atom. The van der Waals surface area contributed by atoms with Gasteiger partial charge in [0.25, 0.3) is 5.91 Å². The van der Waals surface area contributed by atoms with Gasteiger partial charge in [-0.15, -0.1) is 0 Å². The van der Waals surface area contributed by atoms with Gasteiger partial charge in [-0.3, -0.25) is 9.59 Å². The summed E-state index contributed by atoms with van der Waals surface area (Å²) < 4.78 is 12.9. The second kappa shape index (κ2) is 9.98. The smallest absolute Gasteiger partial charge is 0.279 e. The zero-order chi connectivity index (χ0) is 20.6. The first-order valence-corrected chi connectivity index (χ1v) is 9.99. The molecule has 2 amide bonds. The van der Waals surface area contributed by atoms with E-state index >= 15 is 0 Å². The van der Waals surface area contributed by atoms with Crippen LogP contribution in [0.4, 0.5) is 10.1 Å². The molecule has 0 radical (unpaired) electrons. The number of halogens is 1. The second-order valence-electron chi connectivity index (χ2n) is 7.20. The highest BCUT2D eigenvalue weighted by Gasteiger charge is 2.24. The first-order valence-electron chi connectivity index (χ1n) is 9.99. The first kappa shape index (κ1) is 20.7. The van der Waals surface area contributed by atoms with E-state index in [1.54, 1.807) is 23.1 Å². The molecular weight excluding hydrogens is 369 g/mol. The highest BCUT2D eigenvalue weighted by atomic mass is 19.1. The van der Waals surface area contributed by atoms with Gasteiger partial charge in [-0.25, -0.2) is 4.39 Å². The van der Waals surface area contributed by atoms with E-state index < -0.39 is 0 Å². The van der Waals surface area contributed by atoms with Crippen molar-refractivity contribution in [2.45, 2.75) is 13.3 Å². The van der Waals surface area contributed by atoms with E-state index in [1.165, 1.54) is 23.1 Å². The number of anilines is 1. The number of hydrogen-bond acceptors (Lipinski definition) is 2. The molecule has 1 heterocycles. The van der Waals surface area contributed by atoms with Gasteiger partial charge in [0.2, 0.25) is 5.91 Å². The van der Waals surface area contributed by atoms with Crippen molar-refractivity contribution in [3.63, 3.8) is 0 Å². The number of quaternary nitrogens is 1. The molecule has 0 saturated carbocycles. The maximum atomic E-state index is 12.9. The van der Waals surface area contributed by atoms with Crippen LogP contribution in [0, 0.1) is 5.82 Å². The number of carbonyl (C=O) groups is 2. The van der Waals surface area contributed by atoms with E-state index in [2.05, 4.69) is 12.2 Å². The average Bonchev–Trinajstić information content (AvgIpc) is 2.74. The van der Waals surface area contributed by atoms with E-state index in [1.807, 2.05) is 24.3 Å². The van der Waals surface area contributed by atoms with Gasteiger partial charge in [-0.05, 0) is 41.8 Å². The summed E-state index contributed by atoms with van der Waals surface area (Å²) in [5.41, 5.74) is 2.78. The van der Waals surface area contributed by atoms with Crippen molar-refractivity contribution in [3.05, 3.63) is 71.6 Å². The maximum absolute atomic E-state index is 12.9. The lowest BCUT2D eigenvalue weighted by atomic mass is 10.1. The molecule has 1 saturated heterocycles. The molecule has 0 spiro atoms. The predicted octanol–water partition coefficient (Wildman–Crippen LogP) is 1.77. The number of nitrogens with one attached hydrogen (secondary N) is 2. The zero-order valence-electron chi connectivity index (χ0n) is 16.7. The topological polar surface area (TPSA) is 53.9 Å². The van der Waals surface area contributed by atoms with Crippen LogP contribution in [0.3, 0.4) is 0 Å². The van der Waals surface area contributed by atoms with Crippen LogP contribution in [0.5, 0.6) is 0 Å². The molecule has 0 atom stereocenters. The van der Waals surface area contributed by atoms with Crippen molar-refractivity contribution < 1.29 is 18.9 Å². The molecule has 2 aromatic carbocycles. The quantitative estimate of drug-likeness (QED) is 0.732. The number of nitrogens with zero attached hydrogens (tertiary/aromatic N) is 1. The molecular formula is C23H27FN3O2+. The van der Waals surface area contributed by atoms with Crippen molar-refractivity contribution in [1.29, 1.82) is 0 Å². The largest absolute Gasteiger partial charge is 0.328 e. The van der Waals surface area contributed by atoms with Crippen LogP contribution in [-0.2, 0) is 16.0 Å². The monoisotopic (exact) mass is 396 g/mol. The molecule has 0 aromatic heterocycles. The third-order valence-corrected chi connectivity index (χ3v) is 5.15. The van der Waals surface area contributed by atoms with Crippen LogP contribution >= 0.6 is 0 Å². The molecule has 2 aromatic rings. The van der Waals surface area contributed by atoms with Crippen LogP contribution in [0.25, 0.3) is 6.08 Å². The van der Waals surface area contributed by atoms with Gasteiger partial charge in [-0.2, -0.15) is 0 Å². The Labute approximate surface area is 170 Å². The number of hydrogen-bond donors (Lipinski definition) is 2. The maximum Gasteiger partial charge on any atom is 0.279 e. The number of para-hydroxylation sites is 1. The minimum Gasteiger partial charge on any atom is -0.328 e. The molecule has 1 aliphatic rings. The normalized spacial score (nSPS) is 14.9. The summed E-state index contributed by atoms with van der Waals surface area (Å²) in [5, 5.41) is 3.01. The van der Waals surface area contributed by atoms with Crippen molar-refractivity contribution >= 4 is 23.6 Å². The van der Waals surface area contributed by atoms with E-state index in [0.29, 0.717) is 19.6 Å². The first-order chi connectivity index (χ1) is 14.0. The molecule has 5 nitrogen and oxygen atoms in total. The van der Waals surface area contributed by atoms with E-state index in [9.17, 15) is 14.0 Å². The van der Waals surface area contributed by atoms with E-state index in [-0.39, 0.29) is 17.6 Å². The van der Waals surface area contributed by atoms with Gasteiger partial charge in [0, 0.05) is 11.8 Å². The lowest BCUT2D eigenvalue weighted by Gasteiger charge is -2.31. The Hall–Kier alpha value is -2.99. The highest BCUT2D eigenvalue weighted by molar-refractivity contribution is 5.92. The Morgan fingerprint density at radius 3 is 2.48 bits per heavy atom. The summed E-state index contributed by atoms with van der Waals surface area (Å²) in [6.45, 7) is 5.15. The van der Waals surface area contributed by atoms with Gasteiger partial charge < -0.3 is 15.1 Å². The van der Waals surface area contributed by atoms with Crippen LogP contribution in [0.2, 0.25) is 0 Å². The standard InChI is InChI=1S/C23H26FN3O2/c1-2-19-5-3-4-6-21(19)25-22(28)17-26-13-15-27(16-14-26)23(29)12-9-18-7-10-20(24)11-8-18/h3-12H,2,13-17H2,1H3,(H,25,28)/p+1/b12-9+. The van der Waals surface area contributed by atoms with Crippen LogP contribution in [-0.4, -0.2) is 49.4 Å². The van der Waals surface area contributed by atoms with Crippen LogP contribution in [0.1, 0.15) is 18.1 Å². The van der Waals surface area contributed by atoms with Crippen molar-refractivity contribution in [1.82, 2.24) is 4.90 Å². The van der Waals surface area contributed by atoms with Crippen molar-refractivity contribution in [2.75, 3.05) is 38.0 Å². The number of carbonyl (C=O) groups excluding carboxylic acids is 2. The minimum absolute atomic E-state index is 0.00289. The van der Waals surface area contributed by atoms with Crippen LogP contribution < -0.4 is 10.2 Å². The third-order valence-electron chi connectivity index (χ3n) is 5.15. The molecule has 0 aliphatic carbocycles. The van der Waals surface area contributed by atoms with Gasteiger partial charge in [0.15, 0.2) is 6.54 Å². The number of amides is 2. The molecule has 2 N–H and O–H groups in total. The summed E-state index contributed by atoms with van der Waals surface area (Å²) in [6, 6.07) is 13.9. The molecule has 6 heteroatoms. The summed E-state index contributed by atoms with van der Waals surface area (Å²) in [4.78, 5) is 27.7. The zero-order valence-corrected chi connectivity index (χ0v) is 16.7. The van der Waals surface area contributed by atoms with Crippen molar-refractivity contribution in [2.24, 2.45) is 0 Å². The Morgan fingerprint density at radius 1 is 1.10 bits per heavy atom. The number of piperazine rings is 1. The molecule has 0 bridgehead atoms. The lowest BCUT2D eigenvalue weighted by molar-refractivity contribution is -0.895. The lowest BCUT2D eigenvalue weighted by Crippen LogP contribution is -3.15. The van der Waals surface area contributed by atoms with Gasteiger partial charge in [0.05, 0.1) is 26.2 Å². The van der Waals surface area contributed by atoms with E-state index in [0.717, 1.165) is 36.3 Å². The number of aryl methyl sites for hydroxylation is 1. The Kier molecular flexibility index (Phi) is 7.14. The number of rotatable bonds is 6. The summed E-state index contributed by atoms with van der Waals surface area (Å²) >= 11 is 0. The van der Waals surface area contributed by atoms with Crippen LogP contribution in [0.15, 0.2) is 54.6 Å².